The number of rotatable bonds is 4. The number of anilines is 2. The van der Waals surface area contributed by atoms with Crippen molar-refractivity contribution in [3.05, 3.63) is 36.4 Å². The van der Waals surface area contributed by atoms with E-state index in [1.807, 2.05) is 0 Å². The van der Waals surface area contributed by atoms with Gasteiger partial charge in [-0.3, -0.25) is 4.40 Å². The highest BCUT2D eigenvalue weighted by atomic mass is 32.2. The minimum Gasteiger partial charge on any atom is -0.431 e. The molecule has 3 heterocycles. The highest BCUT2D eigenvalue weighted by molar-refractivity contribution is 7.92. The van der Waals surface area contributed by atoms with E-state index in [4.69, 9.17) is 10.3 Å². The van der Waals surface area contributed by atoms with Gasteiger partial charge in [-0.2, -0.15) is 13.4 Å². The van der Waals surface area contributed by atoms with Crippen LogP contribution >= 0.6 is 0 Å². The number of aryl methyl sites for hydroxylation is 1. The topological polar surface area (TPSA) is 128 Å². The standard InChI is InChI=1S/C11H12N6O3S/c1-7-6-20-11(13-7)16-21(18,19)10-9(15-12)14-8-4-2-3-5-17(8)10/h2-6,15H,12H2,1H3,(H,13,16). The molecule has 0 fully saturated rings. The molecule has 0 aromatic carbocycles. The summed E-state index contributed by atoms with van der Waals surface area (Å²) < 4.78 is 33.6. The van der Waals surface area contributed by atoms with Crippen LogP contribution in [0.25, 0.3) is 5.65 Å². The van der Waals surface area contributed by atoms with Gasteiger partial charge in [-0.25, -0.2) is 15.5 Å². The first-order chi connectivity index (χ1) is 10.0. The molecule has 3 rings (SSSR count). The van der Waals surface area contributed by atoms with E-state index in [0.29, 0.717) is 11.3 Å². The van der Waals surface area contributed by atoms with Gasteiger partial charge in [-0.1, -0.05) is 6.07 Å². The summed E-state index contributed by atoms with van der Waals surface area (Å²) in [6.45, 7) is 1.68. The molecule has 21 heavy (non-hydrogen) atoms. The van der Waals surface area contributed by atoms with Gasteiger partial charge in [0.25, 0.3) is 10.0 Å². The highest BCUT2D eigenvalue weighted by Gasteiger charge is 2.26. The van der Waals surface area contributed by atoms with Gasteiger partial charge in [-0.05, 0) is 19.1 Å². The van der Waals surface area contributed by atoms with Crippen molar-refractivity contribution in [2.75, 3.05) is 10.1 Å². The molecule has 0 aliphatic rings. The Labute approximate surface area is 119 Å². The van der Waals surface area contributed by atoms with E-state index >= 15 is 0 Å². The minimum atomic E-state index is -3.97. The summed E-state index contributed by atoms with van der Waals surface area (Å²) in [5.41, 5.74) is 3.28. The van der Waals surface area contributed by atoms with Crippen LogP contribution in [-0.4, -0.2) is 22.8 Å². The van der Waals surface area contributed by atoms with Crippen LogP contribution in [0.4, 0.5) is 11.8 Å². The summed E-state index contributed by atoms with van der Waals surface area (Å²) in [6, 6.07) is 4.96. The Morgan fingerprint density at radius 1 is 1.33 bits per heavy atom. The number of sulfonamides is 1. The SMILES string of the molecule is Cc1coc(NS(=O)(=O)c2c(NN)nc3ccccn23)n1. The number of hydrogen-bond donors (Lipinski definition) is 3. The Bertz CT molecular complexity index is 898. The van der Waals surface area contributed by atoms with Crippen molar-refractivity contribution in [1.29, 1.82) is 0 Å². The van der Waals surface area contributed by atoms with Crippen LogP contribution in [0.5, 0.6) is 0 Å². The predicted octanol–water partition coefficient (Wildman–Crippen LogP) is 0.717. The summed E-state index contributed by atoms with van der Waals surface area (Å²) in [6.07, 6.45) is 2.91. The number of imidazole rings is 1. The fraction of sp³-hybridized carbons (Fsp3) is 0.0909. The second kappa shape index (κ2) is 4.75. The van der Waals surface area contributed by atoms with Gasteiger partial charge >= 0.3 is 6.01 Å². The van der Waals surface area contributed by atoms with Gasteiger partial charge in [0.15, 0.2) is 5.82 Å². The number of nitrogens with two attached hydrogens (primary N) is 1. The summed E-state index contributed by atoms with van der Waals surface area (Å²) >= 11 is 0. The zero-order valence-electron chi connectivity index (χ0n) is 10.9. The molecule has 0 aliphatic carbocycles. The quantitative estimate of drug-likeness (QED) is 0.478. The third-order valence-corrected chi connectivity index (χ3v) is 4.06. The maximum atomic E-state index is 12.5. The first kappa shape index (κ1) is 13.4. The van der Waals surface area contributed by atoms with Crippen molar-refractivity contribution in [1.82, 2.24) is 14.4 Å². The van der Waals surface area contributed by atoms with Crippen molar-refractivity contribution >= 4 is 27.5 Å². The summed E-state index contributed by atoms with van der Waals surface area (Å²) in [4.78, 5) is 8.00. The second-order valence-corrected chi connectivity index (χ2v) is 5.84. The van der Waals surface area contributed by atoms with Crippen LogP contribution in [0.1, 0.15) is 5.69 Å². The molecular formula is C11H12N6O3S. The molecule has 0 saturated carbocycles. The molecule has 110 valence electrons. The molecule has 3 aromatic rings. The van der Waals surface area contributed by atoms with E-state index in [0.717, 1.165) is 0 Å². The van der Waals surface area contributed by atoms with Crippen molar-refractivity contribution in [2.45, 2.75) is 11.9 Å². The number of pyridine rings is 1. The third kappa shape index (κ3) is 2.30. The van der Waals surface area contributed by atoms with E-state index < -0.39 is 10.0 Å². The van der Waals surface area contributed by atoms with Crippen LogP contribution in [-0.2, 0) is 10.0 Å². The Morgan fingerprint density at radius 2 is 2.14 bits per heavy atom. The van der Waals surface area contributed by atoms with Gasteiger partial charge < -0.3 is 9.84 Å². The molecule has 0 saturated heterocycles. The maximum Gasteiger partial charge on any atom is 0.309 e. The first-order valence-corrected chi connectivity index (χ1v) is 7.38. The lowest BCUT2D eigenvalue weighted by Crippen LogP contribution is -2.19. The van der Waals surface area contributed by atoms with Gasteiger partial charge in [-0.15, -0.1) is 0 Å². The number of fused-ring (bicyclic) bond motifs is 1. The lowest BCUT2D eigenvalue weighted by molar-refractivity contribution is 0.568. The molecular weight excluding hydrogens is 296 g/mol. The average molecular weight is 308 g/mol. The molecule has 3 aromatic heterocycles. The Balaban J connectivity index is 2.13. The number of aromatic nitrogens is 3. The molecule has 0 spiro atoms. The van der Waals surface area contributed by atoms with E-state index in [1.165, 1.54) is 10.7 Å². The Kier molecular flexibility index (Phi) is 3.03. The van der Waals surface area contributed by atoms with Gasteiger partial charge in [0.2, 0.25) is 5.03 Å². The smallest absolute Gasteiger partial charge is 0.309 e. The molecule has 9 nitrogen and oxygen atoms in total. The van der Waals surface area contributed by atoms with Crippen LogP contribution in [0.3, 0.4) is 0 Å². The molecule has 4 N–H and O–H groups in total. The average Bonchev–Trinajstić information content (AvgIpc) is 3.01. The number of nitrogen functional groups attached to an aromatic ring is 1. The first-order valence-electron chi connectivity index (χ1n) is 5.90. The van der Waals surface area contributed by atoms with Gasteiger partial charge in [0, 0.05) is 6.20 Å². The van der Waals surface area contributed by atoms with E-state index in [9.17, 15) is 8.42 Å². The van der Waals surface area contributed by atoms with Crippen LogP contribution in [0.15, 0.2) is 40.1 Å². The maximum absolute atomic E-state index is 12.5. The number of nitrogens with one attached hydrogen (secondary N) is 2. The fourth-order valence-electron chi connectivity index (χ4n) is 1.89. The zero-order chi connectivity index (χ0) is 15.0. The molecule has 0 amide bonds. The number of oxazole rings is 1. The van der Waals surface area contributed by atoms with E-state index in [1.54, 1.807) is 31.3 Å². The lowest BCUT2D eigenvalue weighted by atomic mass is 10.5. The second-order valence-electron chi connectivity index (χ2n) is 4.24. The van der Waals surface area contributed by atoms with Crippen molar-refractivity contribution in [2.24, 2.45) is 5.84 Å². The molecule has 10 heteroatoms. The van der Waals surface area contributed by atoms with Gasteiger partial charge in [0.05, 0.1) is 5.69 Å². The molecule has 0 atom stereocenters. The van der Waals surface area contributed by atoms with Gasteiger partial charge in [0.1, 0.15) is 11.9 Å². The molecule has 0 aliphatic heterocycles. The third-order valence-electron chi connectivity index (χ3n) is 2.72. The Morgan fingerprint density at radius 3 is 2.81 bits per heavy atom. The van der Waals surface area contributed by atoms with Crippen molar-refractivity contribution in [3.63, 3.8) is 0 Å². The zero-order valence-corrected chi connectivity index (χ0v) is 11.8. The van der Waals surface area contributed by atoms with Crippen LogP contribution in [0, 0.1) is 6.92 Å². The van der Waals surface area contributed by atoms with Crippen molar-refractivity contribution in [3.8, 4) is 0 Å². The normalized spacial score (nSPS) is 11.7. The van der Waals surface area contributed by atoms with E-state index in [2.05, 4.69) is 20.1 Å². The van der Waals surface area contributed by atoms with Crippen LogP contribution in [0.2, 0.25) is 0 Å². The largest absolute Gasteiger partial charge is 0.431 e. The minimum absolute atomic E-state index is 0.0250. The predicted molar refractivity (Wildman–Crippen MR) is 75.1 cm³/mol. The lowest BCUT2D eigenvalue weighted by Gasteiger charge is -2.06. The van der Waals surface area contributed by atoms with Crippen molar-refractivity contribution < 1.29 is 12.8 Å². The highest BCUT2D eigenvalue weighted by Crippen LogP contribution is 2.24. The summed E-state index contributed by atoms with van der Waals surface area (Å²) in [7, 11) is -3.97. The summed E-state index contributed by atoms with van der Waals surface area (Å²) in [5.74, 6) is 5.38. The molecule has 0 radical (unpaired) electrons. The fourth-order valence-corrected chi connectivity index (χ4v) is 3.08. The number of hydrogen-bond acceptors (Lipinski definition) is 7. The monoisotopic (exact) mass is 308 g/mol. The Hall–Kier alpha value is -2.59. The molecule has 0 unspecified atom stereocenters. The summed E-state index contributed by atoms with van der Waals surface area (Å²) in [5, 5.41) is -0.128. The van der Waals surface area contributed by atoms with E-state index in [-0.39, 0.29) is 16.9 Å². The number of nitrogens with zero attached hydrogens (tertiary/aromatic N) is 3. The van der Waals surface area contributed by atoms with Crippen LogP contribution < -0.4 is 16.0 Å². The number of hydrazine groups is 1. The molecule has 0 bridgehead atoms.